The minimum Gasteiger partial charge on any atom is -0.369 e. The molecule has 556 valence electrons. The van der Waals surface area contributed by atoms with Crippen molar-refractivity contribution in [3.05, 3.63) is 203 Å². The standard InChI is InChI=1S/C15H14O.2C15H16O.2C8H16S.4C5H12S.2C3H8S/c1-15(16-2)13-9-5-3-7-11(13)12-8-4-6-10-14(12)15;2*1-15(16-2,13-9-5-3-6-10-13)14-11-7-4-8-12-14;2*1-8(9-2)6-4-3-5-7-8;4*1-5(2,3)6-4;2*1-3-4-2/h3-10H,1-2H3;2*3-12H,1-2H3;2*3-7H2,1-2H3;4*1-4H3;2*3H2,1-2H3/i;;;;;1D3;;;;;. The molecule has 0 saturated heterocycles. The summed E-state index contributed by atoms with van der Waals surface area (Å²) in [5.74, 6) is 2.47. The van der Waals surface area contributed by atoms with Gasteiger partial charge in [-0.25, -0.2) is 0 Å². The van der Waals surface area contributed by atoms with E-state index >= 15 is 0 Å². The number of hydrogen-bond donors (Lipinski definition) is 0. The van der Waals surface area contributed by atoms with Crippen LogP contribution < -0.4 is 0 Å². The van der Waals surface area contributed by atoms with Crippen molar-refractivity contribution in [3.8, 4) is 11.1 Å². The van der Waals surface area contributed by atoms with E-state index in [0.29, 0.717) is 23.7 Å². The highest BCUT2D eigenvalue weighted by Crippen LogP contribution is 2.49. The van der Waals surface area contributed by atoms with E-state index in [-0.39, 0.29) is 16.8 Å². The first-order valence-electron chi connectivity index (χ1n) is 36.5. The number of thioether (sulfide) groups is 8. The van der Waals surface area contributed by atoms with Gasteiger partial charge in [0, 0.05) is 53.9 Å². The van der Waals surface area contributed by atoms with Gasteiger partial charge in [0.1, 0.15) is 16.8 Å². The Balaban J connectivity index is 0. The van der Waals surface area contributed by atoms with Gasteiger partial charge < -0.3 is 14.2 Å². The fourth-order valence-corrected chi connectivity index (χ4v) is 10.9. The zero-order valence-corrected chi connectivity index (χ0v) is 73.7. The van der Waals surface area contributed by atoms with Gasteiger partial charge in [-0.3, -0.25) is 0 Å². The third-order valence-corrected chi connectivity index (χ3v) is 26.1. The normalized spacial score (nSPS) is 15.2. The van der Waals surface area contributed by atoms with E-state index in [4.69, 9.17) is 18.3 Å². The minimum absolute atomic E-state index is 0.298. The summed E-state index contributed by atoms with van der Waals surface area (Å²) in [6, 6.07) is 58.1. The third-order valence-electron chi connectivity index (χ3n) is 17.4. The molecule has 98 heavy (non-hydrogen) atoms. The molecule has 3 aliphatic rings. The van der Waals surface area contributed by atoms with Gasteiger partial charge in [-0.15, -0.1) is 0 Å². The van der Waals surface area contributed by atoms with Gasteiger partial charge in [0.15, 0.2) is 0 Å². The van der Waals surface area contributed by atoms with Crippen molar-refractivity contribution in [1.29, 1.82) is 0 Å². The summed E-state index contributed by atoms with van der Waals surface area (Å²) in [5, 5.41) is 0. The van der Waals surface area contributed by atoms with Crippen LogP contribution in [-0.4, -0.2) is 111 Å². The van der Waals surface area contributed by atoms with Gasteiger partial charge in [0.05, 0.1) is 0 Å². The maximum Gasteiger partial charge on any atom is 0.116 e. The zero-order chi connectivity index (χ0) is 77.7. The van der Waals surface area contributed by atoms with Gasteiger partial charge in [-0.1, -0.05) is 319 Å². The van der Waals surface area contributed by atoms with E-state index in [2.05, 4.69) is 252 Å². The third kappa shape index (κ3) is 40.9. The van der Waals surface area contributed by atoms with E-state index in [9.17, 15) is 0 Å². The smallest absolute Gasteiger partial charge is 0.116 e. The summed E-state index contributed by atoms with van der Waals surface area (Å²) in [5.41, 5.74) is 8.75. The molecule has 2 fully saturated rings. The van der Waals surface area contributed by atoms with Crippen molar-refractivity contribution < 1.29 is 18.3 Å². The second-order valence-corrected chi connectivity index (χ2v) is 39.9. The second-order valence-electron chi connectivity index (χ2n) is 28.5. The number of ether oxygens (including phenoxy) is 3. The lowest BCUT2D eigenvalue weighted by Gasteiger charge is -2.31. The molecule has 0 aromatic heterocycles. The summed E-state index contributed by atoms with van der Waals surface area (Å²) in [4.78, 5) is 0. The Morgan fingerprint density at radius 1 is 0.347 bits per heavy atom. The molecule has 3 nitrogen and oxygen atoms in total. The number of fused-ring (bicyclic) bond motifs is 3. The Bertz CT molecular complexity index is 2670. The van der Waals surface area contributed by atoms with Crippen LogP contribution in [0.25, 0.3) is 11.1 Å². The lowest BCUT2D eigenvalue weighted by atomic mass is 9.88. The first-order chi connectivity index (χ1) is 47.2. The van der Waals surface area contributed by atoms with Crippen molar-refractivity contribution in [2.24, 2.45) is 0 Å². The van der Waals surface area contributed by atoms with Gasteiger partial charge in [-0.2, -0.15) is 94.1 Å². The number of benzene rings is 6. The lowest BCUT2D eigenvalue weighted by Crippen LogP contribution is -2.25. The Morgan fingerprint density at radius 2 is 0.571 bits per heavy atom. The molecule has 6 aromatic rings. The van der Waals surface area contributed by atoms with Crippen LogP contribution in [-0.2, 0) is 31.0 Å². The van der Waals surface area contributed by atoms with Gasteiger partial charge in [0.25, 0.3) is 0 Å². The maximum atomic E-state index is 7.05. The number of hydrogen-bond acceptors (Lipinski definition) is 11. The van der Waals surface area contributed by atoms with Crippen molar-refractivity contribution in [3.63, 3.8) is 0 Å². The van der Waals surface area contributed by atoms with Crippen molar-refractivity contribution in [2.75, 3.05) is 82.9 Å². The van der Waals surface area contributed by atoms with Gasteiger partial charge in [-0.05, 0) is 153 Å². The summed E-state index contributed by atoms with van der Waals surface area (Å²) >= 11 is 14.8. The number of methoxy groups -OCH3 is 3. The van der Waals surface area contributed by atoms with Crippen molar-refractivity contribution in [2.45, 2.75) is 241 Å². The van der Waals surface area contributed by atoms with E-state index in [1.807, 2.05) is 161 Å². The first kappa shape index (κ1) is 92.1. The molecule has 2 saturated carbocycles. The molecule has 6 aromatic carbocycles. The Morgan fingerprint density at radius 3 is 0.724 bits per heavy atom. The quantitative estimate of drug-likeness (QED) is 0.124. The van der Waals surface area contributed by atoms with Crippen LogP contribution >= 0.6 is 94.1 Å². The average Bonchev–Trinajstić information content (AvgIpc) is 1.59. The Labute approximate surface area is 645 Å². The molecule has 9 rings (SSSR count). The van der Waals surface area contributed by atoms with Crippen LogP contribution in [0.15, 0.2) is 170 Å². The summed E-state index contributed by atoms with van der Waals surface area (Å²) in [6.45, 7) is 36.9. The summed E-state index contributed by atoms with van der Waals surface area (Å²) in [6.07, 6.45) is 31.4. The molecule has 11 heteroatoms. The van der Waals surface area contributed by atoms with Crippen LogP contribution in [0.4, 0.5) is 0 Å². The molecule has 0 atom stereocenters. The molecule has 0 N–H and O–H groups in total. The average molecular weight is 1500 g/mol. The maximum absolute atomic E-state index is 7.05. The SMILES string of the molecule is CCSC.CCSC.COC(C)(c1ccccc1)c1ccccc1.COC(C)(c1ccccc1)c1ccccc1.COC1(C)c2ccccc2-c2ccccc21.CSC(C)(C)C.CSC(C)(C)C.CSC(C)(C)C.CSC1(C)CCCCC1.CSC1(C)CCCCC1.[2H]C([2H])([2H])C(C)(C)SC. The van der Waals surface area contributed by atoms with E-state index in [1.54, 1.807) is 35.2 Å². The number of rotatable bonds is 11. The highest BCUT2D eigenvalue weighted by atomic mass is 32.2. The first-order valence-corrected chi connectivity index (χ1v) is 45.2. The molecule has 0 unspecified atom stereocenters. The van der Waals surface area contributed by atoms with Crippen molar-refractivity contribution >= 4 is 94.1 Å². The molecule has 0 radical (unpaired) electrons. The van der Waals surface area contributed by atoms with E-state index < -0.39 is 11.6 Å². The van der Waals surface area contributed by atoms with Crippen LogP contribution in [0.5, 0.6) is 0 Å². The molecule has 0 amide bonds. The minimum atomic E-state index is -1.84. The zero-order valence-electron chi connectivity index (χ0n) is 70.1. The largest absolute Gasteiger partial charge is 0.369 e. The molecular formula is C87H142O3S8. The van der Waals surface area contributed by atoms with Gasteiger partial charge in [0.2, 0.25) is 0 Å². The highest BCUT2D eigenvalue weighted by molar-refractivity contribution is 8.01. The molecule has 0 spiro atoms. The van der Waals surface area contributed by atoms with Gasteiger partial charge >= 0.3 is 0 Å². The molecule has 0 heterocycles. The lowest BCUT2D eigenvalue weighted by molar-refractivity contribution is 0.0389. The predicted octanol–water partition coefficient (Wildman–Crippen LogP) is 28.2. The Hall–Kier alpha value is -2.00. The predicted molar refractivity (Wildman–Crippen MR) is 469 cm³/mol. The van der Waals surface area contributed by atoms with Crippen LogP contribution in [0.3, 0.4) is 0 Å². The van der Waals surface area contributed by atoms with Crippen LogP contribution in [0.2, 0.25) is 0 Å². The summed E-state index contributed by atoms with van der Waals surface area (Å²) < 4.78 is 40.4. The van der Waals surface area contributed by atoms with E-state index in [0.717, 1.165) is 0 Å². The molecule has 0 bridgehead atoms. The topological polar surface area (TPSA) is 27.7 Å². The van der Waals surface area contributed by atoms with Crippen LogP contribution in [0, 0.1) is 0 Å². The highest BCUT2D eigenvalue weighted by Gasteiger charge is 2.39. The monoisotopic (exact) mass is 1490 g/mol. The molecular weight excluding hydrogens is 1350 g/mol. The molecule has 3 aliphatic carbocycles. The molecule has 0 aliphatic heterocycles. The second kappa shape index (κ2) is 52.0. The summed E-state index contributed by atoms with van der Waals surface area (Å²) in [7, 11) is 5.28. The van der Waals surface area contributed by atoms with Crippen LogP contribution in [0.1, 0.15) is 233 Å². The fraction of sp³-hybridized carbons (Fsp3) is 0.586. The fourth-order valence-electron chi connectivity index (χ4n) is 9.47. The Kier molecular flexibility index (Phi) is 48.9. The van der Waals surface area contributed by atoms with E-state index in [1.165, 1.54) is 132 Å². The van der Waals surface area contributed by atoms with Crippen molar-refractivity contribution in [1.82, 2.24) is 0 Å².